The second-order valence-electron chi connectivity index (χ2n) is 7.75. The molecule has 0 spiro atoms. The molecule has 1 aliphatic rings. The van der Waals surface area contributed by atoms with Crippen LogP contribution in [0.4, 0.5) is 24.5 Å². The molecule has 1 aliphatic heterocycles. The molecule has 0 bridgehead atoms. The summed E-state index contributed by atoms with van der Waals surface area (Å²) >= 11 is 0. The van der Waals surface area contributed by atoms with Crippen molar-refractivity contribution in [2.75, 3.05) is 23.3 Å². The number of carbonyl (C=O) groups is 3. The van der Waals surface area contributed by atoms with E-state index < -0.39 is 18.0 Å². The number of nitrogens with zero attached hydrogens (tertiary/aromatic N) is 2. The first-order valence-corrected chi connectivity index (χ1v) is 10.2. The van der Waals surface area contributed by atoms with Gasteiger partial charge in [0.05, 0.1) is 5.92 Å². The van der Waals surface area contributed by atoms with Crippen molar-refractivity contribution in [3.05, 3.63) is 59.7 Å². The Morgan fingerprint density at radius 1 is 1.16 bits per heavy atom. The van der Waals surface area contributed by atoms with Crippen molar-refractivity contribution in [1.82, 2.24) is 4.90 Å². The van der Waals surface area contributed by atoms with Gasteiger partial charge in [0.1, 0.15) is 0 Å². The number of alkyl halides is 3. The molecule has 32 heavy (non-hydrogen) atoms. The lowest BCUT2D eigenvalue weighted by atomic mass is 10.1. The molecule has 2 aromatic rings. The molecule has 0 aromatic heterocycles. The zero-order valence-corrected chi connectivity index (χ0v) is 17.8. The maximum atomic E-state index is 12.7. The molecule has 170 valence electrons. The van der Waals surface area contributed by atoms with Gasteiger partial charge in [0.15, 0.2) is 0 Å². The molecule has 0 aliphatic carbocycles. The fourth-order valence-electron chi connectivity index (χ4n) is 3.58. The molecule has 0 saturated carbocycles. The summed E-state index contributed by atoms with van der Waals surface area (Å²) in [5.41, 5.74) is 2.63. The highest BCUT2D eigenvalue weighted by Gasteiger charge is 2.42. The smallest absolute Gasteiger partial charge is 0.331 e. The molecular weight excluding hydrogens is 423 g/mol. The van der Waals surface area contributed by atoms with Gasteiger partial charge in [0.25, 0.3) is 0 Å². The maximum Gasteiger partial charge on any atom is 0.471 e. The van der Waals surface area contributed by atoms with E-state index in [0.29, 0.717) is 16.2 Å². The van der Waals surface area contributed by atoms with E-state index in [1.165, 1.54) is 13.0 Å². The quantitative estimate of drug-likeness (QED) is 0.730. The molecule has 1 fully saturated rings. The standard InChI is InChI=1S/C23H24F3N3O3/c1-3-28(22(32)23(24,25)26)13-16-5-4-6-18(11-16)27-21(31)17-12-20(30)29(14-17)19-9-7-15(2)8-10-19/h4-11,17H,3,12-14H2,1-2H3,(H,27,31). The Morgan fingerprint density at radius 3 is 2.47 bits per heavy atom. The fourth-order valence-corrected chi connectivity index (χ4v) is 3.58. The van der Waals surface area contributed by atoms with Crippen molar-refractivity contribution in [3.63, 3.8) is 0 Å². The van der Waals surface area contributed by atoms with Gasteiger partial charge in [-0.3, -0.25) is 14.4 Å². The van der Waals surface area contributed by atoms with Crippen LogP contribution >= 0.6 is 0 Å². The monoisotopic (exact) mass is 447 g/mol. The third kappa shape index (κ3) is 5.46. The Balaban J connectivity index is 1.65. The molecule has 0 radical (unpaired) electrons. The third-order valence-electron chi connectivity index (χ3n) is 5.32. The normalized spacial score (nSPS) is 16.2. The molecule has 1 saturated heterocycles. The second kappa shape index (κ2) is 9.42. The molecule has 1 heterocycles. The van der Waals surface area contributed by atoms with Gasteiger partial charge in [0, 0.05) is 37.4 Å². The van der Waals surface area contributed by atoms with Gasteiger partial charge >= 0.3 is 12.1 Å². The number of amides is 3. The number of rotatable bonds is 6. The zero-order chi connectivity index (χ0) is 23.5. The number of hydrogen-bond acceptors (Lipinski definition) is 3. The Bertz CT molecular complexity index is 1010. The van der Waals surface area contributed by atoms with E-state index >= 15 is 0 Å². The van der Waals surface area contributed by atoms with Crippen LogP contribution in [0.3, 0.4) is 0 Å². The largest absolute Gasteiger partial charge is 0.471 e. The first kappa shape index (κ1) is 23.3. The Hall–Kier alpha value is -3.36. The van der Waals surface area contributed by atoms with Crippen LogP contribution in [-0.4, -0.2) is 41.9 Å². The van der Waals surface area contributed by atoms with E-state index in [9.17, 15) is 27.6 Å². The van der Waals surface area contributed by atoms with E-state index in [1.54, 1.807) is 23.1 Å². The first-order valence-electron chi connectivity index (χ1n) is 10.2. The topological polar surface area (TPSA) is 69.7 Å². The van der Waals surface area contributed by atoms with Crippen LogP contribution in [0.25, 0.3) is 0 Å². The van der Waals surface area contributed by atoms with Crippen LogP contribution in [0.5, 0.6) is 0 Å². The van der Waals surface area contributed by atoms with E-state index in [-0.39, 0.29) is 37.9 Å². The number of nitrogens with one attached hydrogen (secondary N) is 1. The predicted octanol–water partition coefficient (Wildman–Crippen LogP) is 3.90. The Kier molecular flexibility index (Phi) is 6.86. The van der Waals surface area contributed by atoms with Gasteiger partial charge in [-0.05, 0) is 43.7 Å². The van der Waals surface area contributed by atoms with Gasteiger partial charge < -0.3 is 15.1 Å². The molecule has 6 nitrogen and oxygen atoms in total. The summed E-state index contributed by atoms with van der Waals surface area (Å²) in [6, 6.07) is 13.8. The minimum absolute atomic E-state index is 0.0725. The highest BCUT2D eigenvalue weighted by Crippen LogP contribution is 2.27. The van der Waals surface area contributed by atoms with Crippen molar-refractivity contribution < 1.29 is 27.6 Å². The summed E-state index contributed by atoms with van der Waals surface area (Å²) in [5, 5.41) is 2.73. The highest BCUT2D eigenvalue weighted by atomic mass is 19.4. The van der Waals surface area contributed by atoms with Gasteiger partial charge in [-0.2, -0.15) is 13.2 Å². The number of halogens is 3. The predicted molar refractivity (Wildman–Crippen MR) is 114 cm³/mol. The number of aryl methyl sites for hydroxylation is 1. The van der Waals surface area contributed by atoms with E-state index in [1.807, 2.05) is 31.2 Å². The van der Waals surface area contributed by atoms with Crippen LogP contribution in [0.2, 0.25) is 0 Å². The molecule has 3 amide bonds. The summed E-state index contributed by atoms with van der Waals surface area (Å²) in [7, 11) is 0. The lowest BCUT2D eigenvalue weighted by Gasteiger charge is -2.22. The second-order valence-corrected chi connectivity index (χ2v) is 7.75. The van der Waals surface area contributed by atoms with Crippen molar-refractivity contribution in [2.24, 2.45) is 5.92 Å². The van der Waals surface area contributed by atoms with Crippen LogP contribution in [-0.2, 0) is 20.9 Å². The zero-order valence-electron chi connectivity index (χ0n) is 17.8. The average molecular weight is 447 g/mol. The van der Waals surface area contributed by atoms with E-state index in [2.05, 4.69) is 5.32 Å². The number of carbonyl (C=O) groups excluding carboxylic acids is 3. The SMILES string of the molecule is CCN(Cc1cccc(NC(=O)C2CC(=O)N(c3ccc(C)cc3)C2)c1)C(=O)C(F)(F)F. The maximum absolute atomic E-state index is 12.7. The highest BCUT2D eigenvalue weighted by molar-refractivity contribution is 6.03. The minimum atomic E-state index is -4.94. The van der Waals surface area contributed by atoms with Crippen LogP contribution in [0, 0.1) is 12.8 Å². The van der Waals surface area contributed by atoms with E-state index in [4.69, 9.17) is 0 Å². The average Bonchev–Trinajstić information content (AvgIpc) is 3.13. The summed E-state index contributed by atoms with van der Waals surface area (Å²) in [6.07, 6.45) is -4.87. The third-order valence-corrected chi connectivity index (χ3v) is 5.32. The summed E-state index contributed by atoms with van der Waals surface area (Å²) in [5.74, 6) is -2.95. The summed E-state index contributed by atoms with van der Waals surface area (Å²) in [6.45, 7) is 3.32. The molecule has 9 heteroatoms. The summed E-state index contributed by atoms with van der Waals surface area (Å²) in [4.78, 5) is 38.9. The number of benzene rings is 2. The molecule has 2 aromatic carbocycles. The van der Waals surface area contributed by atoms with Crippen molar-refractivity contribution in [2.45, 2.75) is 33.0 Å². The molecular formula is C23H24F3N3O3. The molecule has 1 N–H and O–H groups in total. The van der Waals surface area contributed by atoms with Gasteiger partial charge in [-0.25, -0.2) is 0 Å². The molecule has 3 rings (SSSR count). The lowest BCUT2D eigenvalue weighted by Crippen LogP contribution is -2.40. The van der Waals surface area contributed by atoms with Crippen LogP contribution < -0.4 is 10.2 Å². The van der Waals surface area contributed by atoms with Crippen LogP contribution in [0.1, 0.15) is 24.5 Å². The number of hydrogen-bond donors (Lipinski definition) is 1. The summed E-state index contributed by atoms with van der Waals surface area (Å²) < 4.78 is 38.2. The first-order chi connectivity index (χ1) is 15.1. The molecule has 1 unspecified atom stereocenters. The van der Waals surface area contributed by atoms with Gasteiger partial charge in [-0.15, -0.1) is 0 Å². The van der Waals surface area contributed by atoms with Crippen molar-refractivity contribution in [1.29, 1.82) is 0 Å². The molecule has 1 atom stereocenters. The fraction of sp³-hybridized carbons (Fsp3) is 0.348. The van der Waals surface area contributed by atoms with Gasteiger partial charge in [-0.1, -0.05) is 29.8 Å². The number of anilines is 2. The van der Waals surface area contributed by atoms with Crippen molar-refractivity contribution >= 4 is 29.1 Å². The van der Waals surface area contributed by atoms with E-state index in [0.717, 1.165) is 11.3 Å². The lowest BCUT2D eigenvalue weighted by molar-refractivity contribution is -0.185. The minimum Gasteiger partial charge on any atom is -0.331 e. The van der Waals surface area contributed by atoms with Gasteiger partial charge in [0.2, 0.25) is 11.8 Å². The van der Waals surface area contributed by atoms with Crippen LogP contribution in [0.15, 0.2) is 48.5 Å². The Morgan fingerprint density at radius 2 is 1.84 bits per heavy atom. The van der Waals surface area contributed by atoms with Crippen molar-refractivity contribution in [3.8, 4) is 0 Å². The Labute approximate surface area is 184 Å².